The Kier molecular flexibility index (Phi) is 6.78. The molecule has 4 heterocycles. The summed E-state index contributed by atoms with van der Waals surface area (Å²) < 4.78 is 79.0. The molecular formula is C24H24F5N7O3. The van der Waals surface area contributed by atoms with Crippen molar-refractivity contribution < 1.29 is 36.6 Å². The number of amides is 1. The van der Waals surface area contributed by atoms with E-state index < -0.39 is 49.8 Å². The Hall–Kier alpha value is -4.01. The number of imidazole rings is 1. The molecule has 1 aromatic carbocycles. The largest absolute Gasteiger partial charge is 0.479 e. The molecule has 0 bridgehead atoms. The van der Waals surface area contributed by atoms with E-state index in [0.717, 1.165) is 15.6 Å². The number of hydrogen-bond acceptors (Lipinski definition) is 7. The van der Waals surface area contributed by atoms with E-state index in [1.54, 1.807) is 19.1 Å². The molecule has 4 aromatic rings. The number of aliphatic hydroxyl groups is 1. The number of carbonyl (C=O) groups is 1. The van der Waals surface area contributed by atoms with Crippen molar-refractivity contribution in [3.63, 3.8) is 0 Å². The molecular weight excluding hydrogens is 529 g/mol. The second kappa shape index (κ2) is 9.94. The predicted molar refractivity (Wildman–Crippen MR) is 130 cm³/mol. The number of aliphatic hydroxyl groups excluding tert-OH is 1. The van der Waals surface area contributed by atoms with Crippen molar-refractivity contribution in [3.05, 3.63) is 36.0 Å². The number of nitrogens with zero attached hydrogens (tertiary/aromatic N) is 6. The fourth-order valence-electron chi connectivity index (χ4n) is 4.85. The number of nitrogens with one attached hydrogen (secondary N) is 1. The molecule has 1 amide bonds. The van der Waals surface area contributed by atoms with Crippen LogP contribution in [0.2, 0.25) is 0 Å². The fraction of sp³-hybridized carbons (Fsp3) is 0.417. The minimum Gasteiger partial charge on any atom is -0.479 e. The summed E-state index contributed by atoms with van der Waals surface area (Å²) in [4.78, 5) is 21.0. The van der Waals surface area contributed by atoms with Gasteiger partial charge in [0.15, 0.2) is 5.82 Å². The van der Waals surface area contributed by atoms with Crippen LogP contribution in [0, 0.1) is 12.7 Å². The van der Waals surface area contributed by atoms with Gasteiger partial charge in [-0.25, -0.2) is 31.5 Å². The lowest BCUT2D eigenvalue weighted by Gasteiger charge is -2.38. The molecule has 0 radical (unpaired) electrons. The van der Waals surface area contributed by atoms with Gasteiger partial charge in [0.25, 0.3) is 12.3 Å². The third-order valence-corrected chi connectivity index (χ3v) is 6.69. The number of anilines is 1. The molecule has 1 saturated heterocycles. The van der Waals surface area contributed by atoms with Crippen molar-refractivity contribution in [2.24, 2.45) is 0 Å². The van der Waals surface area contributed by atoms with Gasteiger partial charge in [-0.3, -0.25) is 4.79 Å². The summed E-state index contributed by atoms with van der Waals surface area (Å²) in [5.74, 6) is -4.88. The molecule has 0 saturated carbocycles. The Morgan fingerprint density at radius 2 is 2.08 bits per heavy atom. The normalized spacial score (nSPS) is 17.4. The number of likely N-dealkylation sites (tertiary alicyclic amines) is 1. The van der Waals surface area contributed by atoms with Gasteiger partial charge in [0.2, 0.25) is 17.7 Å². The maximum atomic E-state index is 15.3. The second-order valence-electron chi connectivity index (χ2n) is 9.17. The van der Waals surface area contributed by atoms with Crippen LogP contribution in [-0.2, 0) is 11.3 Å². The number of piperidine rings is 1. The number of alkyl halides is 4. The molecule has 10 nitrogen and oxygen atoms in total. The number of halogens is 5. The average Bonchev–Trinajstić information content (AvgIpc) is 3.38. The monoisotopic (exact) mass is 553 g/mol. The Balaban J connectivity index is 1.52. The first-order chi connectivity index (χ1) is 18.5. The fourth-order valence-corrected chi connectivity index (χ4v) is 4.85. The summed E-state index contributed by atoms with van der Waals surface area (Å²) in [6.45, 7) is -0.758. The quantitative estimate of drug-likeness (QED) is 0.339. The highest BCUT2D eigenvalue weighted by molar-refractivity contribution is 5.90. The van der Waals surface area contributed by atoms with Crippen molar-refractivity contribution >= 4 is 28.4 Å². The van der Waals surface area contributed by atoms with Gasteiger partial charge in [0.1, 0.15) is 17.9 Å². The smallest absolute Gasteiger partial charge is 0.285 e. The number of benzene rings is 1. The Bertz CT molecular complexity index is 1550. The number of rotatable bonds is 7. The topological polar surface area (TPSA) is 110 Å². The van der Waals surface area contributed by atoms with Gasteiger partial charge < -0.3 is 24.6 Å². The average molecular weight is 553 g/mol. The zero-order valence-corrected chi connectivity index (χ0v) is 20.8. The van der Waals surface area contributed by atoms with E-state index >= 15 is 4.39 Å². The van der Waals surface area contributed by atoms with Gasteiger partial charge in [-0.15, -0.1) is 5.10 Å². The number of ether oxygens (including phenoxy) is 1. The minimum atomic E-state index is -3.36. The third kappa shape index (κ3) is 4.82. The van der Waals surface area contributed by atoms with Crippen LogP contribution in [0.1, 0.15) is 12.2 Å². The summed E-state index contributed by atoms with van der Waals surface area (Å²) in [6, 6.07) is 3.25. The molecule has 0 unspecified atom stereocenters. The van der Waals surface area contributed by atoms with Crippen molar-refractivity contribution in [2.45, 2.75) is 38.3 Å². The van der Waals surface area contributed by atoms with Gasteiger partial charge in [0.05, 0.1) is 49.0 Å². The SMILES string of the molecule is COc1nc(N[C@@H]2CCN(C(=O)CO)CC2(F)F)nn2cc(F)c(-c3ccc4nc(C)n(CC(F)F)c4c3)c12. The third-order valence-electron chi connectivity index (χ3n) is 6.69. The second-order valence-corrected chi connectivity index (χ2v) is 9.17. The molecule has 1 atom stereocenters. The van der Waals surface area contributed by atoms with Crippen LogP contribution >= 0.6 is 0 Å². The molecule has 0 aliphatic carbocycles. The maximum absolute atomic E-state index is 15.3. The van der Waals surface area contributed by atoms with E-state index in [0.29, 0.717) is 22.4 Å². The first-order valence-electron chi connectivity index (χ1n) is 11.9. The van der Waals surface area contributed by atoms with Crippen LogP contribution in [0.25, 0.3) is 27.7 Å². The van der Waals surface area contributed by atoms with Gasteiger partial charge in [0, 0.05) is 6.54 Å². The number of methoxy groups -OCH3 is 1. The van der Waals surface area contributed by atoms with Crippen molar-refractivity contribution in [3.8, 4) is 17.0 Å². The first-order valence-corrected chi connectivity index (χ1v) is 11.9. The highest BCUT2D eigenvalue weighted by Gasteiger charge is 2.46. The van der Waals surface area contributed by atoms with Gasteiger partial charge in [-0.2, -0.15) is 4.98 Å². The van der Waals surface area contributed by atoms with E-state index in [9.17, 15) is 22.4 Å². The van der Waals surface area contributed by atoms with Crippen LogP contribution in [0.5, 0.6) is 5.88 Å². The number of aryl methyl sites for hydroxylation is 1. The summed E-state index contributed by atoms with van der Waals surface area (Å²) in [7, 11) is 1.28. The number of hydrogen-bond donors (Lipinski definition) is 2. The molecule has 208 valence electrons. The molecule has 39 heavy (non-hydrogen) atoms. The van der Waals surface area contributed by atoms with Crippen LogP contribution in [-0.4, -0.2) is 85.3 Å². The number of fused-ring (bicyclic) bond motifs is 2. The minimum absolute atomic E-state index is 0.0155. The summed E-state index contributed by atoms with van der Waals surface area (Å²) >= 11 is 0. The Morgan fingerprint density at radius 1 is 1.31 bits per heavy atom. The molecule has 1 aliphatic rings. The van der Waals surface area contributed by atoms with Crippen LogP contribution < -0.4 is 10.1 Å². The zero-order valence-electron chi connectivity index (χ0n) is 20.8. The number of carbonyl (C=O) groups excluding carboxylic acids is 1. The lowest BCUT2D eigenvalue weighted by atomic mass is 10.0. The first kappa shape index (κ1) is 26.6. The maximum Gasteiger partial charge on any atom is 0.285 e. The van der Waals surface area contributed by atoms with E-state index in [1.165, 1.54) is 17.7 Å². The zero-order chi connectivity index (χ0) is 28.1. The van der Waals surface area contributed by atoms with E-state index in [-0.39, 0.29) is 35.9 Å². The van der Waals surface area contributed by atoms with Crippen molar-refractivity contribution in [1.29, 1.82) is 0 Å². The van der Waals surface area contributed by atoms with Crippen LogP contribution in [0.15, 0.2) is 24.4 Å². The van der Waals surface area contributed by atoms with Gasteiger partial charge in [-0.1, -0.05) is 6.07 Å². The van der Waals surface area contributed by atoms with Crippen molar-refractivity contribution in [1.82, 2.24) is 29.0 Å². The van der Waals surface area contributed by atoms with E-state index in [1.807, 2.05) is 0 Å². The van der Waals surface area contributed by atoms with Crippen molar-refractivity contribution in [2.75, 3.05) is 32.1 Å². The highest BCUT2D eigenvalue weighted by atomic mass is 19.3. The van der Waals surface area contributed by atoms with E-state index in [2.05, 4.69) is 20.4 Å². The Labute approximate surface area is 218 Å². The van der Waals surface area contributed by atoms with Gasteiger partial charge in [-0.05, 0) is 31.0 Å². The standard InChI is InChI=1S/C24H24F5N7O3/c1-12-30-15-4-3-13(7-16(15)35(12)9-18(26)27)20-14(25)8-36-21(20)22(39-2)32-23(33-36)31-17-5-6-34(19(38)10-37)11-24(17,28)29/h3-4,7-8,17-18,37H,5-6,9-11H2,1-2H3,(H,31,33)/t17-/m1/s1. The lowest BCUT2D eigenvalue weighted by molar-refractivity contribution is -0.145. The molecule has 1 aliphatic heterocycles. The lowest BCUT2D eigenvalue weighted by Crippen LogP contribution is -2.56. The summed E-state index contributed by atoms with van der Waals surface area (Å²) in [6.07, 6.45) is -1.74. The van der Waals surface area contributed by atoms with E-state index in [4.69, 9.17) is 9.84 Å². The molecule has 2 N–H and O–H groups in total. The Morgan fingerprint density at radius 3 is 2.74 bits per heavy atom. The summed E-state index contributed by atoms with van der Waals surface area (Å²) in [5, 5.41) is 15.7. The van der Waals surface area contributed by atoms with Crippen LogP contribution in [0.3, 0.4) is 0 Å². The van der Waals surface area contributed by atoms with Crippen LogP contribution in [0.4, 0.5) is 27.9 Å². The molecule has 5 rings (SSSR count). The molecule has 3 aromatic heterocycles. The van der Waals surface area contributed by atoms with Gasteiger partial charge >= 0.3 is 0 Å². The summed E-state index contributed by atoms with van der Waals surface area (Å²) in [5.41, 5.74) is 1.31. The molecule has 1 fully saturated rings. The highest BCUT2D eigenvalue weighted by Crippen LogP contribution is 2.36. The molecule has 15 heteroatoms. The number of aromatic nitrogens is 5. The molecule has 0 spiro atoms. The predicted octanol–water partition coefficient (Wildman–Crippen LogP) is 3.11.